The molecule has 0 spiro atoms. The molecule has 1 aromatic rings. The molecule has 2 heteroatoms. The van der Waals surface area contributed by atoms with E-state index in [4.69, 9.17) is 10.5 Å². The van der Waals surface area contributed by atoms with Gasteiger partial charge in [0, 0.05) is 0 Å². The molecule has 98 valence electrons. The number of ether oxygens (including phenoxy) is 1. The molecule has 0 bridgehead atoms. The monoisotopic (exact) mass is 245 g/mol. The average molecular weight is 245 g/mol. The van der Waals surface area contributed by atoms with Gasteiger partial charge in [-0.2, -0.15) is 0 Å². The van der Waals surface area contributed by atoms with Gasteiger partial charge < -0.3 is 10.5 Å². The van der Waals surface area contributed by atoms with Gasteiger partial charge in [-0.3, -0.25) is 0 Å². The minimum Gasteiger partial charge on any atom is -0.492 e. The predicted molar refractivity (Wildman–Crippen MR) is 76.7 cm³/mol. The Hall–Kier alpha value is -1.46. The molecule has 0 radical (unpaired) electrons. The molecule has 0 unspecified atom stereocenters. The van der Waals surface area contributed by atoms with E-state index in [0.29, 0.717) is 6.54 Å². The van der Waals surface area contributed by atoms with Crippen LogP contribution in [0.3, 0.4) is 0 Å². The Balaban J connectivity index is 2.58. The zero-order valence-corrected chi connectivity index (χ0v) is 11.5. The molecule has 0 amide bonds. The number of nitrogens with two attached hydrogens (primary N) is 1. The van der Waals surface area contributed by atoms with Crippen molar-refractivity contribution >= 4 is 0 Å². The lowest BCUT2D eigenvalue weighted by molar-refractivity contribution is 0.304. The van der Waals surface area contributed by atoms with Crippen molar-refractivity contribution in [3.8, 4) is 17.6 Å². The van der Waals surface area contributed by atoms with E-state index in [-0.39, 0.29) is 0 Å². The highest BCUT2D eigenvalue weighted by Gasteiger charge is 2.01. The summed E-state index contributed by atoms with van der Waals surface area (Å²) in [7, 11) is 0. The zero-order chi connectivity index (χ0) is 13.2. The first kappa shape index (κ1) is 14.6. The Kier molecular flexibility index (Phi) is 6.98. The number of benzene rings is 1. The molecule has 0 atom stereocenters. The minimum atomic E-state index is 0.379. The van der Waals surface area contributed by atoms with Crippen LogP contribution in [0.4, 0.5) is 0 Å². The quantitative estimate of drug-likeness (QED) is 0.616. The van der Waals surface area contributed by atoms with Gasteiger partial charge >= 0.3 is 0 Å². The number of hydrogen-bond acceptors (Lipinski definition) is 2. The second-order valence-corrected chi connectivity index (χ2v) is 4.41. The molecule has 0 saturated carbocycles. The molecule has 18 heavy (non-hydrogen) atoms. The van der Waals surface area contributed by atoms with E-state index in [1.165, 1.54) is 24.8 Å². The fourth-order valence-electron chi connectivity index (χ4n) is 1.72. The van der Waals surface area contributed by atoms with Crippen molar-refractivity contribution < 1.29 is 4.74 Å². The first-order chi connectivity index (χ1) is 8.77. The van der Waals surface area contributed by atoms with Gasteiger partial charge in [-0.25, -0.2) is 0 Å². The van der Waals surface area contributed by atoms with E-state index < -0.39 is 0 Å². The summed E-state index contributed by atoms with van der Waals surface area (Å²) in [4.78, 5) is 0. The van der Waals surface area contributed by atoms with Gasteiger partial charge in [-0.1, -0.05) is 44.1 Å². The summed E-state index contributed by atoms with van der Waals surface area (Å²) in [6.07, 6.45) is 4.85. The molecule has 0 aliphatic heterocycles. The third-order valence-electron chi connectivity index (χ3n) is 2.72. The van der Waals surface area contributed by atoms with E-state index in [1.807, 2.05) is 12.1 Å². The van der Waals surface area contributed by atoms with Crippen molar-refractivity contribution in [1.82, 2.24) is 0 Å². The van der Waals surface area contributed by atoms with Gasteiger partial charge in [-0.05, 0) is 31.0 Å². The van der Waals surface area contributed by atoms with Crippen molar-refractivity contribution in [2.45, 2.75) is 39.5 Å². The van der Waals surface area contributed by atoms with E-state index in [9.17, 15) is 0 Å². The number of rotatable bonds is 6. The molecule has 2 N–H and O–H groups in total. The molecule has 0 heterocycles. The maximum absolute atomic E-state index is 5.79. The lowest BCUT2D eigenvalue weighted by Gasteiger charge is -2.08. The summed E-state index contributed by atoms with van der Waals surface area (Å²) in [5.41, 5.74) is 7.54. The van der Waals surface area contributed by atoms with Crippen LogP contribution in [-0.2, 0) is 0 Å². The molecule has 1 rings (SSSR count). The smallest absolute Gasteiger partial charge is 0.134 e. The normalized spacial score (nSPS) is 9.72. The molecular formula is C16H23NO. The minimum absolute atomic E-state index is 0.379. The summed E-state index contributed by atoms with van der Waals surface area (Å²) in [5.74, 6) is 6.82. The van der Waals surface area contributed by atoms with Crippen molar-refractivity contribution in [2.24, 2.45) is 5.73 Å². The van der Waals surface area contributed by atoms with Crippen LogP contribution in [-0.4, -0.2) is 13.2 Å². The van der Waals surface area contributed by atoms with Gasteiger partial charge in [0.2, 0.25) is 0 Å². The molecule has 0 fully saturated rings. The second-order valence-electron chi connectivity index (χ2n) is 4.41. The van der Waals surface area contributed by atoms with Crippen molar-refractivity contribution in [3.63, 3.8) is 0 Å². The first-order valence-corrected chi connectivity index (χ1v) is 6.70. The maximum atomic E-state index is 5.79. The van der Waals surface area contributed by atoms with Gasteiger partial charge in [0.05, 0.1) is 18.7 Å². The Morgan fingerprint density at radius 3 is 2.78 bits per heavy atom. The summed E-state index contributed by atoms with van der Waals surface area (Å²) in [5, 5.41) is 0. The lowest BCUT2D eigenvalue weighted by atomic mass is 10.1. The number of hydrogen-bond donors (Lipinski definition) is 1. The molecule has 0 aliphatic carbocycles. The second kappa shape index (κ2) is 8.60. The summed E-state index contributed by atoms with van der Waals surface area (Å²) in [6.45, 7) is 5.41. The molecular weight excluding hydrogens is 222 g/mol. The number of unbranched alkanes of at least 4 members (excludes halogenated alkanes) is 3. The van der Waals surface area contributed by atoms with E-state index in [0.717, 1.165) is 24.3 Å². The fraction of sp³-hybridized carbons (Fsp3) is 0.500. The summed E-state index contributed by atoms with van der Waals surface area (Å²) >= 11 is 0. The average Bonchev–Trinajstić information content (AvgIpc) is 2.38. The fourth-order valence-corrected chi connectivity index (χ4v) is 1.72. The van der Waals surface area contributed by atoms with Crippen molar-refractivity contribution in [2.75, 3.05) is 13.2 Å². The Morgan fingerprint density at radius 1 is 1.22 bits per heavy atom. The lowest BCUT2D eigenvalue weighted by Crippen LogP contribution is -2.00. The van der Waals surface area contributed by atoms with Crippen molar-refractivity contribution in [3.05, 3.63) is 29.3 Å². The molecule has 0 saturated heterocycles. The van der Waals surface area contributed by atoms with Crippen molar-refractivity contribution in [1.29, 1.82) is 0 Å². The van der Waals surface area contributed by atoms with E-state index in [1.54, 1.807) is 0 Å². The van der Waals surface area contributed by atoms with Gasteiger partial charge in [0.15, 0.2) is 0 Å². The molecule has 1 aromatic carbocycles. The number of aryl methyl sites for hydroxylation is 1. The largest absolute Gasteiger partial charge is 0.492 e. The Labute approximate surface area is 111 Å². The van der Waals surface area contributed by atoms with Crippen LogP contribution in [0.5, 0.6) is 5.75 Å². The van der Waals surface area contributed by atoms with Crippen LogP contribution in [0, 0.1) is 18.8 Å². The van der Waals surface area contributed by atoms with Crippen LogP contribution in [0.1, 0.15) is 43.7 Å². The molecule has 0 aliphatic rings. The third-order valence-corrected chi connectivity index (χ3v) is 2.72. The molecule has 2 nitrogen and oxygen atoms in total. The highest BCUT2D eigenvalue weighted by atomic mass is 16.5. The summed E-state index contributed by atoms with van der Waals surface area (Å²) in [6, 6.07) is 6.09. The predicted octanol–water partition coefficient (Wildman–Crippen LogP) is 3.26. The van der Waals surface area contributed by atoms with Crippen LogP contribution in [0.15, 0.2) is 18.2 Å². The van der Waals surface area contributed by atoms with Crippen LogP contribution in [0.2, 0.25) is 0 Å². The summed E-state index contributed by atoms with van der Waals surface area (Å²) < 4.78 is 5.79. The standard InChI is InChI=1S/C16H23NO/c1-3-4-5-6-12-18-16-10-9-14(2)13-15(16)8-7-11-17/h9-10,13H,3-6,11-12,17H2,1-2H3. The van der Waals surface area contributed by atoms with Gasteiger partial charge in [0.25, 0.3) is 0 Å². The maximum Gasteiger partial charge on any atom is 0.134 e. The van der Waals surface area contributed by atoms with E-state index >= 15 is 0 Å². The zero-order valence-electron chi connectivity index (χ0n) is 11.5. The first-order valence-electron chi connectivity index (χ1n) is 6.70. The SMILES string of the molecule is CCCCCCOc1ccc(C)cc1C#CCN. The van der Waals surface area contributed by atoms with E-state index in [2.05, 4.69) is 31.8 Å². The van der Waals surface area contributed by atoms with Crippen LogP contribution in [0.25, 0.3) is 0 Å². The topological polar surface area (TPSA) is 35.2 Å². The highest BCUT2D eigenvalue weighted by Crippen LogP contribution is 2.19. The Bertz CT molecular complexity index is 415. The van der Waals surface area contributed by atoms with Crippen LogP contribution >= 0.6 is 0 Å². The third kappa shape index (κ3) is 5.25. The van der Waals surface area contributed by atoms with Gasteiger partial charge in [-0.15, -0.1) is 0 Å². The molecule has 0 aromatic heterocycles. The highest BCUT2D eigenvalue weighted by molar-refractivity contribution is 5.48. The van der Waals surface area contributed by atoms with Crippen LogP contribution < -0.4 is 10.5 Å². The van der Waals surface area contributed by atoms with Gasteiger partial charge in [0.1, 0.15) is 5.75 Å². The Morgan fingerprint density at radius 2 is 2.06 bits per heavy atom.